The smallest absolute Gasteiger partial charge is 0.312 e. The van der Waals surface area contributed by atoms with Crippen molar-refractivity contribution in [3.05, 3.63) is 35.6 Å². The molecule has 1 unspecified atom stereocenters. The SMILES string of the molecule is CC(N)[C@@H](C(=O)O)c1ccc(F)cc1. The molecule has 0 heterocycles. The lowest BCUT2D eigenvalue weighted by Crippen LogP contribution is -2.30. The maximum absolute atomic E-state index is 12.6. The van der Waals surface area contributed by atoms with E-state index in [0.29, 0.717) is 5.56 Å². The highest BCUT2D eigenvalue weighted by Gasteiger charge is 2.23. The molecule has 0 aliphatic rings. The number of hydrogen-bond donors (Lipinski definition) is 2. The van der Waals surface area contributed by atoms with Gasteiger partial charge in [0.05, 0.1) is 5.92 Å². The second-order valence-corrected chi connectivity index (χ2v) is 3.23. The second kappa shape index (κ2) is 4.19. The van der Waals surface area contributed by atoms with Crippen LogP contribution in [0, 0.1) is 5.82 Å². The molecule has 4 heteroatoms. The fourth-order valence-corrected chi connectivity index (χ4v) is 1.34. The number of hydrogen-bond acceptors (Lipinski definition) is 2. The lowest BCUT2D eigenvalue weighted by Gasteiger charge is -2.16. The number of nitrogens with two attached hydrogens (primary N) is 1. The van der Waals surface area contributed by atoms with Gasteiger partial charge in [-0.1, -0.05) is 12.1 Å². The van der Waals surface area contributed by atoms with E-state index in [9.17, 15) is 9.18 Å². The molecule has 76 valence electrons. The number of carboxylic acids is 1. The quantitative estimate of drug-likeness (QED) is 0.768. The standard InChI is InChI=1S/C10H12FNO2/c1-6(12)9(10(13)14)7-2-4-8(11)5-3-7/h2-6,9H,12H2,1H3,(H,13,14)/t6?,9-/m1/s1. The lowest BCUT2D eigenvalue weighted by molar-refractivity contribution is -0.139. The van der Waals surface area contributed by atoms with Crippen LogP contribution in [-0.4, -0.2) is 17.1 Å². The van der Waals surface area contributed by atoms with Crippen molar-refractivity contribution < 1.29 is 14.3 Å². The van der Waals surface area contributed by atoms with E-state index in [1.807, 2.05) is 0 Å². The first kappa shape index (κ1) is 10.7. The lowest BCUT2D eigenvalue weighted by atomic mass is 9.93. The summed E-state index contributed by atoms with van der Waals surface area (Å²) < 4.78 is 12.6. The van der Waals surface area contributed by atoms with Gasteiger partial charge in [0.25, 0.3) is 0 Å². The van der Waals surface area contributed by atoms with Crippen molar-refractivity contribution in [3.63, 3.8) is 0 Å². The molecule has 3 N–H and O–H groups in total. The Morgan fingerprint density at radius 1 is 1.43 bits per heavy atom. The average molecular weight is 197 g/mol. The maximum Gasteiger partial charge on any atom is 0.312 e. The molecule has 0 aliphatic heterocycles. The Morgan fingerprint density at radius 2 is 1.93 bits per heavy atom. The Kier molecular flexibility index (Phi) is 3.19. The van der Waals surface area contributed by atoms with E-state index >= 15 is 0 Å². The van der Waals surface area contributed by atoms with Gasteiger partial charge >= 0.3 is 5.97 Å². The van der Waals surface area contributed by atoms with Crippen LogP contribution in [0.15, 0.2) is 24.3 Å². The molecular weight excluding hydrogens is 185 g/mol. The van der Waals surface area contributed by atoms with Crippen LogP contribution in [0.2, 0.25) is 0 Å². The van der Waals surface area contributed by atoms with Crippen LogP contribution < -0.4 is 5.73 Å². The van der Waals surface area contributed by atoms with Crippen molar-refractivity contribution in [1.29, 1.82) is 0 Å². The van der Waals surface area contributed by atoms with Gasteiger partial charge in [-0.25, -0.2) is 4.39 Å². The van der Waals surface area contributed by atoms with Crippen molar-refractivity contribution in [2.45, 2.75) is 18.9 Å². The van der Waals surface area contributed by atoms with Gasteiger partial charge in [0, 0.05) is 6.04 Å². The zero-order valence-electron chi connectivity index (χ0n) is 7.77. The largest absolute Gasteiger partial charge is 0.481 e. The molecular formula is C10H12FNO2. The van der Waals surface area contributed by atoms with Crippen LogP contribution in [-0.2, 0) is 4.79 Å². The predicted molar refractivity (Wildman–Crippen MR) is 50.4 cm³/mol. The van der Waals surface area contributed by atoms with Crippen molar-refractivity contribution in [3.8, 4) is 0 Å². The van der Waals surface area contributed by atoms with Crippen LogP contribution in [0.5, 0.6) is 0 Å². The maximum atomic E-state index is 12.6. The third kappa shape index (κ3) is 2.29. The topological polar surface area (TPSA) is 63.3 Å². The molecule has 1 aromatic rings. The summed E-state index contributed by atoms with van der Waals surface area (Å²) in [4.78, 5) is 10.9. The molecule has 0 saturated heterocycles. The minimum Gasteiger partial charge on any atom is -0.481 e. The summed E-state index contributed by atoms with van der Waals surface area (Å²) in [6.07, 6.45) is 0. The van der Waals surface area contributed by atoms with Crippen molar-refractivity contribution >= 4 is 5.97 Å². The Morgan fingerprint density at radius 3 is 2.29 bits per heavy atom. The number of carboxylic acid groups (broad SMARTS) is 1. The zero-order valence-corrected chi connectivity index (χ0v) is 7.77. The number of benzene rings is 1. The minimum absolute atomic E-state index is 0.387. The summed E-state index contributed by atoms with van der Waals surface area (Å²) in [6.45, 7) is 1.61. The molecule has 0 bridgehead atoms. The zero-order chi connectivity index (χ0) is 10.7. The van der Waals surface area contributed by atoms with E-state index in [1.54, 1.807) is 6.92 Å². The first-order valence-corrected chi connectivity index (χ1v) is 4.26. The first-order chi connectivity index (χ1) is 6.52. The predicted octanol–water partition coefficient (Wildman–Crippen LogP) is 1.34. The number of aliphatic carboxylic acids is 1. The van der Waals surface area contributed by atoms with Crippen LogP contribution in [0.4, 0.5) is 4.39 Å². The molecule has 3 nitrogen and oxygen atoms in total. The van der Waals surface area contributed by atoms with Crippen LogP contribution in [0.25, 0.3) is 0 Å². The molecule has 0 aromatic heterocycles. The molecule has 0 spiro atoms. The van der Waals surface area contributed by atoms with Crippen LogP contribution in [0.1, 0.15) is 18.4 Å². The Labute approximate surface area is 81.4 Å². The van der Waals surface area contributed by atoms with Crippen LogP contribution >= 0.6 is 0 Å². The summed E-state index contributed by atoms with van der Waals surface area (Å²) >= 11 is 0. The highest BCUT2D eigenvalue weighted by Crippen LogP contribution is 2.19. The van der Waals surface area contributed by atoms with Crippen molar-refractivity contribution in [1.82, 2.24) is 0 Å². The molecule has 0 amide bonds. The van der Waals surface area contributed by atoms with E-state index in [0.717, 1.165) is 0 Å². The Hall–Kier alpha value is -1.42. The van der Waals surface area contributed by atoms with Gasteiger partial charge in [0.15, 0.2) is 0 Å². The van der Waals surface area contributed by atoms with Crippen molar-refractivity contribution in [2.24, 2.45) is 5.73 Å². The van der Waals surface area contributed by atoms with Crippen LogP contribution in [0.3, 0.4) is 0 Å². The highest BCUT2D eigenvalue weighted by molar-refractivity contribution is 5.77. The van der Waals surface area contributed by atoms with Gasteiger partial charge in [0.1, 0.15) is 5.82 Å². The van der Waals surface area contributed by atoms with Gasteiger partial charge < -0.3 is 10.8 Å². The summed E-state index contributed by atoms with van der Waals surface area (Å²) in [6, 6.07) is 4.84. The highest BCUT2D eigenvalue weighted by atomic mass is 19.1. The normalized spacial score (nSPS) is 14.8. The average Bonchev–Trinajstić information content (AvgIpc) is 2.07. The van der Waals surface area contributed by atoms with Crippen molar-refractivity contribution in [2.75, 3.05) is 0 Å². The third-order valence-corrected chi connectivity index (χ3v) is 2.02. The summed E-state index contributed by atoms with van der Waals surface area (Å²) in [5.74, 6) is -2.16. The molecule has 0 aliphatic carbocycles. The van der Waals surface area contributed by atoms with Gasteiger partial charge in [-0.05, 0) is 24.6 Å². The Bertz CT molecular complexity index is 321. The van der Waals surface area contributed by atoms with E-state index in [-0.39, 0.29) is 5.82 Å². The van der Waals surface area contributed by atoms with Gasteiger partial charge in [0.2, 0.25) is 0 Å². The van der Waals surface area contributed by atoms with E-state index in [4.69, 9.17) is 10.8 Å². The molecule has 1 rings (SSSR count). The fourth-order valence-electron chi connectivity index (χ4n) is 1.34. The third-order valence-electron chi connectivity index (χ3n) is 2.02. The number of rotatable bonds is 3. The number of carbonyl (C=O) groups is 1. The Balaban J connectivity index is 3.00. The second-order valence-electron chi connectivity index (χ2n) is 3.23. The molecule has 2 atom stereocenters. The van der Waals surface area contributed by atoms with Gasteiger partial charge in [-0.15, -0.1) is 0 Å². The molecule has 14 heavy (non-hydrogen) atoms. The van der Waals surface area contributed by atoms with Gasteiger partial charge in [-0.2, -0.15) is 0 Å². The first-order valence-electron chi connectivity index (χ1n) is 4.26. The summed E-state index contributed by atoms with van der Waals surface area (Å²) in [5.41, 5.74) is 6.06. The molecule has 0 radical (unpaired) electrons. The molecule has 0 fully saturated rings. The van der Waals surface area contributed by atoms with Gasteiger partial charge in [-0.3, -0.25) is 4.79 Å². The molecule has 0 saturated carbocycles. The monoisotopic (exact) mass is 197 g/mol. The molecule has 1 aromatic carbocycles. The van der Waals surface area contributed by atoms with E-state index in [1.165, 1.54) is 24.3 Å². The minimum atomic E-state index is -0.994. The summed E-state index contributed by atoms with van der Waals surface area (Å²) in [7, 11) is 0. The summed E-state index contributed by atoms with van der Waals surface area (Å²) in [5, 5.41) is 8.89. The number of halogens is 1. The van der Waals surface area contributed by atoms with E-state index < -0.39 is 17.9 Å². The van der Waals surface area contributed by atoms with E-state index in [2.05, 4.69) is 0 Å². The fraction of sp³-hybridized carbons (Fsp3) is 0.300.